The van der Waals surface area contributed by atoms with Crippen LogP contribution in [0, 0.1) is 5.92 Å². The van der Waals surface area contributed by atoms with Crippen molar-refractivity contribution >= 4 is 5.69 Å². The molecule has 1 atom stereocenters. The lowest BCUT2D eigenvalue weighted by Gasteiger charge is -2.20. The van der Waals surface area contributed by atoms with E-state index in [4.69, 9.17) is 0 Å². The molecule has 1 fully saturated rings. The Kier molecular flexibility index (Phi) is 4.59. The molecule has 2 aromatic carbocycles. The van der Waals surface area contributed by atoms with Gasteiger partial charge < -0.3 is 5.32 Å². The number of hydrogen-bond acceptors (Lipinski definition) is 1. The second-order valence-electron chi connectivity index (χ2n) is 6.17. The first-order valence-corrected chi connectivity index (χ1v) is 8.27. The first-order valence-electron chi connectivity index (χ1n) is 8.27. The Morgan fingerprint density at radius 2 is 1.71 bits per heavy atom. The van der Waals surface area contributed by atoms with Gasteiger partial charge in [0.25, 0.3) is 0 Å². The summed E-state index contributed by atoms with van der Waals surface area (Å²) in [5, 5.41) is 3.74. The largest absolute Gasteiger partial charge is 0.378 e. The summed E-state index contributed by atoms with van der Waals surface area (Å²) in [5.74, 6) is 0.798. The standard InChI is InChI=1S/C20H25N/c1-2-3-7-16-10-14-19(15-11-16)21-20(18-12-13-18)17-8-5-4-6-9-17/h4-6,8-11,14-15,18,20-21H,2-3,7,12-13H2,1H3. The zero-order valence-corrected chi connectivity index (χ0v) is 12.9. The van der Waals surface area contributed by atoms with Crippen LogP contribution in [0.5, 0.6) is 0 Å². The Morgan fingerprint density at radius 3 is 2.33 bits per heavy atom. The highest BCUT2D eigenvalue weighted by molar-refractivity contribution is 5.47. The molecule has 1 aliphatic carbocycles. The van der Waals surface area contributed by atoms with E-state index in [9.17, 15) is 0 Å². The first-order chi connectivity index (χ1) is 10.4. The third kappa shape index (κ3) is 3.87. The summed E-state index contributed by atoms with van der Waals surface area (Å²) in [4.78, 5) is 0. The van der Waals surface area contributed by atoms with Gasteiger partial charge >= 0.3 is 0 Å². The van der Waals surface area contributed by atoms with Gasteiger partial charge in [0.1, 0.15) is 0 Å². The second kappa shape index (κ2) is 6.80. The minimum Gasteiger partial charge on any atom is -0.378 e. The molecule has 1 nitrogen and oxygen atoms in total. The molecular formula is C20H25N. The van der Waals surface area contributed by atoms with Crippen LogP contribution < -0.4 is 5.32 Å². The molecule has 3 rings (SSSR count). The van der Waals surface area contributed by atoms with E-state index in [0.717, 1.165) is 5.92 Å². The lowest BCUT2D eigenvalue weighted by atomic mass is 10.0. The lowest BCUT2D eigenvalue weighted by molar-refractivity contribution is 0.679. The fourth-order valence-electron chi connectivity index (χ4n) is 2.89. The van der Waals surface area contributed by atoms with Crippen LogP contribution in [0.3, 0.4) is 0 Å². The van der Waals surface area contributed by atoms with Crippen molar-refractivity contribution < 1.29 is 0 Å². The topological polar surface area (TPSA) is 12.0 Å². The summed E-state index contributed by atoms with van der Waals surface area (Å²) >= 11 is 0. The van der Waals surface area contributed by atoms with Crippen molar-refractivity contribution in [2.24, 2.45) is 5.92 Å². The average molecular weight is 279 g/mol. The first kappa shape index (κ1) is 14.2. The molecule has 0 radical (unpaired) electrons. The van der Waals surface area contributed by atoms with Gasteiger partial charge in [0.05, 0.1) is 6.04 Å². The SMILES string of the molecule is CCCCc1ccc(NC(c2ccccc2)C2CC2)cc1. The van der Waals surface area contributed by atoms with E-state index in [0.29, 0.717) is 6.04 Å². The maximum atomic E-state index is 3.74. The fourth-order valence-corrected chi connectivity index (χ4v) is 2.89. The molecule has 0 heterocycles. The zero-order valence-electron chi connectivity index (χ0n) is 12.9. The van der Waals surface area contributed by atoms with Crippen LogP contribution in [0.25, 0.3) is 0 Å². The van der Waals surface area contributed by atoms with Crippen LogP contribution in [0.1, 0.15) is 49.8 Å². The van der Waals surface area contributed by atoms with Gasteiger partial charge in [0.15, 0.2) is 0 Å². The zero-order chi connectivity index (χ0) is 14.5. The quantitative estimate of drug-likeness (QED) is 0.696. The van der Waals surface area contributed by atoms with E-state index in [1.54, 1.807) is 0 Å². The molecule has 0 aliphatic heterocycles. The van der Waals surface area contributed by atoms with E-state index >= 15 is 0 Å². The molecule has 1 aliphatic rings. The predicted molar refractivity (Wildman–Crippen MR) is 90.6 cm³/mol. The van der Waals surface area contributed by atoms with Crippen molar-refractivity contribution in [2.75, 3.05) is 5.32 Å². The number of rotatable bonds is 7. The molecule has 1 saturated carbocycles. The van der Waals surface area contributed by atoms with Crippen molar-refractivity contribution in [3.63, 3.8) is 0 Å². The summed E-state index contributed by atoms with van der Waals surface area (Å²) in [6.07, 6.45) is 6.43. The summed E-state index contributed by atoms with van der Waals surface area (Å²) in [6.45, 7) is 2.25. The monoisotopic (exact) mass is 279 g/mol. The summed E-state index contributed by atoms with van der Waals surface area (Å²) < 4.78 is 0. The normalized spacial score (nSPS) is 15.7. The Bertz CT molecular complexity index is 540. The maximum absolute atomic E-state index is 3.74. The Hall–Kier alpha value is -1.76. The molecule has 0 spiro atoms. The van der Waals surface area contributed by atoms with E-state index in [2.05, 4.69) is 66.8 Å². The Balaban J connectivity index is 1.68. The van der Waals surface area contributed by atoms with Gasteiger partial charge in [-0.2, -0.15) is 0 Å². The highest BCUT2D eigenvalue weighted by Gasteiger charge is 2.32. The minimum absolute atomic E-state index is 0.465. The molecule has 110 valence electrons. The molecule has 0 aromatic heterocycles. The highest BCUT2D eigenvalue weighted by Crippen LogP contribution is 2.42. The highest BCUT2D eigenvalue weighted by atomic mass is 14.9. The number of hydrogen-bond donors (Lipinski definition) is 1. The molecular weight excluding hydrogens is 254 g/mol. The van der Waals surface area contributed by atoms with E-state index in [1.165, 1.54) is 48.9 Å². The second-order valence-corrected chi connectivity index (χ2v) is 6.17. The van der Waals surface area contributed by atoms with Crippen molar-refractivity contribution in [1.29, 1.82) is 0 Å². The molecule has 0 amide bonds. The Labute approximate surface area is 128 Å². The lowest BCUT2D eigenvalue weighted by Crippen LogP contribution is -2.12. The Morgan fingerprint density at radius 1 is 1.00 bits per heavy atom. The number of nitrogens with one attached hydrogen (secondary N) is 1. The predicted octanol–water partition coefficient (Wildman–Crippen LogP) is 5.59. The average Bonchev–Trinajstić information content (AvgIpc) is 3.37. The van der Waals surface area contributed by atoms with Gasteiger partial charge in [-0.3, -0.25) is 0 Å². The van der Waals surface area contributed by atoms with Crippen LogP contribution in [0.4, 0.5) is 5.69 Å². The number of aryl methyl sites for hydroxylation is 1. The van der Waals surface area contributed by atoms with Gasteiger partial charge in [-0.1, -0.05) is 55.8 Å². The molecule has 21 heavy (non-hydrogen) atoms. The van der Waals surface area contributed by atoms with Crippen molar-refractivity contribution in [2.45, 2.75) is 45.1 Å². The van der Waals surface area contributed by atoms with Gasteiger partial charge in [-0.25, -0.2) is 0 Å². The van der Waals surface area contributed by atoms with E-state index in [-0.39, 0.29) is 0 Å². The smallest absolute Gasteiger partial charge is 0.0542 e. The summed E-state index contributed by atoms with van der Waals surface area (Å²) in [7, 11) is 0. The van der Waals surface area contributed by atoms with E-state index < -0.39 is 0 Å². The summed E-state index contributed by atoms with van der Waals surface area (Å²) in [6, 6.07) is 20.3. The number of anilines is 1. The molecule has 2 aromatic rings. The fraction of sp³-hybridized carbons (Fsp3) is 0.400. The van der Waals surface area contributed by atoms with Crippen molar-refractivity contribution in [3.8, 4) is 0 Å². The van der Waals surface area contributed by atoms with Crippen molar-refractivity contribution in [1.82, 2.24) is 0 Å². The van der Waals surface area contributed by atoms with Gasteiger partial charge in [0.2, 0.25) is 0 Å². The van der Waals surface area contributed by atoms with Gasteiger partial charge in [-0.15, -0.1) is 0 Å². The number of unbranched alkanes of at least 4 members (excludes halogenated alkanes) is 1. The summed E-state index contributed by atoms with van der Waals surface area (Å²) in [5.41, 5.74) is 4.11. The molecule has 0 bridgehead atoms. The number of benzene rings is 2. The van der Waals surface area contributed by atoms with Gasteiger partial charge in [0, 0.05) is 5.69 Å². The maximum Gasteiger partial charge on any atom is 0.0542 e. The van der Waals surface area contributed by atoms with Crippen LogP contribution >= 0.6 is 0 Å². The molecule has 1 heteroatoms. The van der Waals surface area contributed by atoms with Crippen molar-refractivity contribution in [3.05, 3.63) is 65.7 Å². The minimum atomic E-state index is 0.465. The van der Waals surface area contributed by atoms with Crippen LogP contribution in [0.15, 0.2) is 54.6 Å². The van der Waals surface area contributed by atoms with Gasteiger partial charge in [-0.05, 0) is 54.9 Å². The molecule has 1 N–H and O–H groups in total. The third-order valence-corrected chi connectivity index (χ3v) is 4.35. The third-order valence-electron chi connectivity index (χ3n) is 4.35. The van der Waals surface area contributed by atoms with Crippen LogP contribution in [-0.2, 0) is 6.42 Å². The molecule has 1 unspecified atom stereocenters. The van der Waals surface area contributed by atoms with Crippen LogP contribution in [-0.4, -0.2) is 0 Å². The van der Waals surface area contributed by atoms with Crippen LogP contribution in [0.2, 0.25) is 0 Å². The van der Waals surface area contributed by atoms with E-state index in [1.807, 2.05) is 0 Å². The molecule has 0 saturated heterocycles.